The fraction of sp³-hybridized carbons (Fsp3) is 0.826. The maximum absolute atomic E-state index is 13.2. The summed E-state index contributed by atoms with van der Waals surface area (Å²) < 4.78 is 5.33. The lowest BCUT2D eigenvalue weighted by Crippen LogP contribution is -2.47. The summed E-state index contributed by atoms with van der Waals surface area (Å²) in [5.74, 6) is 0.976. The van der Waals surface area contributed by atoms with E-state index < -0.39 is 0 Å². The number of aryl methyl sites for hydroxylation is 1. The molecule has 3 heterocycles. The Morgan fingerprint density at radius 2 is 1.90 bits per heavy atom. The van der Waals surface area contributed by atoms with Crippen molar-refractivity contribution in [1.29, 1.82) is 0 Å². The third-order valence-electron chi connectivity index (χ3n) is 7.13. The molecule has 1 aromatic heterocycles. The molecule has 1 atom stereocenters. The highest BCUT2D eigenvalue weighted by molar-refractivity contribution is 5.91. The van der Waals surface area contributed by atoms with Gasteiger partial charge in [-0.05, 0) is 71.0 Å². The zero-order valence-corrected chi connectivity index (χ0v) is 18.2. The first kappa shape index (κ1) is 20.9. The summed E-state index contributed by atoms with van der Waals surface area (Å²) in [6.07, 6.45) is 11.9. The number of nitrogens with zero attached hydrogens (tertiary/aromatic N) is 4. The summed E-state index contributed by atoms with van der Waals surface area (Å²) in [6.45, 7) is 9.20. The second kappa shape index (κ2) is 10.1. The molecular formula is C23H38N4O2. The van der Waals surface area contributed by atoms with E-state index >= 15 is 0 Å². The molecule has 6 heteroatoms. The van der Waals surface area contributed by atoms with Crippen molar-refractivity contribution in [3.8, 4) is 0 Å². The fourth-order valence-corrected chi connectivity index (χ4v) is 5.50. The number of likely N-dealkylation sites (tertiary alicyclic amines) is 2. The van der Waals surface area contributed by atoms with Gasteiger partial charge in [-0.25, -0.2) is 0 Å². The highest BCUT2D eigenvalue weighted by Gasteiger charge is 2.30. The number of rotatable bonds is 7. The van der Waals surface area contributed by atoms with E-state index in [1.54, 1.807) is 6.07 Å². The summed E-state index contributed by atoms with van der Waals surface area (Å²) in [7, 11) is 0. The largest absolute Gasteiger partial charge is 0.351 e. The van der Waals surface area contributed by atoms with Gasteiger partial charge in [0.1, 0.15) is 0 Å². The second-order valence-corrected chi connectivity index (χ2v) is 9.43. The molecular weight excluding hydrogens is 364 g/mol. The molecule has 1 aromatic rings. The lowest BCUT2D eigenvalue weighted by molar-refractivity contribution is 0.0574. The predicted octanol–water partition coefficient (Wildman–Crippen LogP) is 3.57. The Labute approximate surface area is 175 Å². The first-order valence-corrected chi connectivity index (χ1v) is 11.9. The summed E-state index contributed by atoms with van der Waals surface area (Å²) in [5, 5.41) is 3.94. The smallest absolute Gasteiger partial charge is 0.292 e. The van der Waals surface area contributed by atoms with Crippen LogP contribution in [-0.4, -0.2) is 77.6 Å². The molecule has 0 aromatic carbocycles. The molecule has 0 spiro atoms. The Hall–Kier alpha value is -1.40. The maximum atomic E-state index is 13.2. The van der Waals surface area contributed by atoms with E-state index in [4.69, 9.17) is 4.52 Å². The lowest BCUT2D eigenvalue weighted by Gasteiger charge is -2.39. The molecule has 3 aliphatic rings. The number of carbonyl (C=O) groups is 1. The Morgan fingerprint density at radius 3 is 2.62 bits per heavy atom. The van der Waals surface area contributed by atoms with E-state index in [1.165, 1.54) is 77.4 Å². The van der Waals surface area contributed by atoms with Crippen LogP contribution in [0.15, 0.2) is 10.6 Å². The van der Waals surface area contributed by atoms with E-state index in [-0.39, 0.29) is 5.91 Å². The summed E-state index contributed by atoms with van der Waals surface area (Å²) >= 11 is 0. The molecule has 1 aliphatic carbocycles. The molecule has 0 bridgehead atoms. The Balaban J connectivity index is 1.38. The van der Waals surface area contributed by atoms with Crippen molar-refractivity contribution in [3.63, 3.8) is 0 Å². The van der Waals surface area contributed by atoms with Crippen LogP contribution in [0.1, 0.15) is 74.0 Å². The normalized spacial score (nSPS) is 24.8. The van der Waals surface area contributed by atoms with E-state index in [0.29, 0.717) is 11.7 Å². The zero-order chi connectivity index (χ0) is 20.1. The van der Waals surface area contributed by atoms with Crippen LogP contribution in [0, 0.1) is 12.8 Å². The minimum Gasteiger partial charge on any atom is -0.351 e. The van der Waals surface area contributed by atoms with E-state index in [1.807, 2.05) is 6.92 Å². The second-order valence-electron chi connectivity index (χ2n) is 9.43. The molecule has 3 fully saturated rings. The highest BCUT2D eigenvalue weighted by Crippen LogP contribution is 2.28. The van der Waals surface area contributed by atoms with E-state index in [9.17, 15) is 4.79 Å². The van der Waals surface area contributed by atoms with Gasteiger partial charge in [-0.3, -0.25) is 4.79 Å². The van der Waals surface area contributed by atoms with Crippen LogP contribution >= 0.6 is 0 Å². The van der Waals surface area contributed by atoms with Crippen molar-refractivity contribution >= 4 is 5.91 Å². The molecule has 0 N–H and O–H groups in total. The quantitative estimate of drug-likeness (QED) is 0.698. The van der Waals surface area contributed by atoms with Gasteiger partial charge in [0.2, 0.25) is 5.76 Å². The topological polar surface area (TPSA) is 52.8 Å². The Bertz CT molecular complexity index is 649. The fourth-order valence-electron chi connectivity index (χ4n) is 5.50. The number of aromatic nitrogens is 1. The lowest BCUT2D eigenvalue weighted by atomic mass is 9.95. The molecule has 2 aliphatic heterocycles. The molecule has 6 nitrogen and oxygen atoms in total. The van der Waals surface area contributed by atoms with Gasteiger partial charge >= 0.3 is 0 Å². The van der Waals surface area contributed by atoms with Crippen molar-refractivity contribution in [2.45, 2.75) is 70.8 Å². The monoisotopic (exact) mass is 402 g/mol. The third-order valence-corrected chi connectivity index (χ3v) is 7.13. The van der Waals surface area contributed by atoms with Gasteiger partial charge < -0.3 is 19.2 Å². The standard InChI is InChI=1S/C23H38N4O2/c1-19-16-22(29-24-19)23(28)27(15-14-25-11-5-2-6-12-25)18-20-8-7-13-26(17-20)21-9-3-4-10-21/h16,20-21H,2-15,17-18H2,1H3/t20-/m0/s1. The minimum absolute atomic E-state index is 0.0144. The van der Waals surface area contributed by atoms with Gasteiger partial charge in [-0.1, -0.05) is 24.4 Å². The number of piperidine rings is 2. The van der Waals surface area contributed by atoms with E-state index in [0.717, 1.165) is 37.9 Å². The predicted molar refractivity (Wildman–Crippen MR) is 114 cm³/mol. The average Bonchev–Trinajstić information content (AvgIpc) is 3.44. The summed E-state index contributed by atoms with van der Waals surface area (Å²) in [5.41, 5.74) is 0.773. The first-order chi connectivity index (χ1) is 14.2. The van der Waals surface area contributed by atoms with Crippen LogP contribution in [0.25, 0.3) is 0 Å². The molecule has 162 valence electrons. The summed E-state index contributed by atoms with van der Waals surface area (Å²) in [6, 6.07) is 2.56. The minimum atomic E-state index is 0.0144. The Morgan fingerprint density at radius 1 is 1.10 bits per heavy atom. The third kappa shape index (κ3) is 5.60. The number of hydrogen-bond acceptors (Lipinski definition) is 5. The molecule has 1 saturated carbocycles. The van der Waals surface area contributed by atoms with E-state index in [2.05, 4.69) is 19.9 Å². The van der Waals surface area contributed by atoms with Gasteiger partial charge in [0.15, 0.2) is 0 Å². The molecule has 2 saturated heterocycles. The van der Waals surface area contributed by atoms with Crippen LogP contribution in [0.2, 0.25) is 0 Å². The molecule has 1 amide bonds. The number of amides is 1. The zero-order valence-electron chi connectivity index (χ0n) is 18.2. The Kier molecular flexibility index (Phi) is 7.24. The van der Waals surface area contributed by atoms with Crippen LogP contribution in [-0.2, 0) is 0 Å². The van der Waals surface area contributed by atoms with Crippen LogP contribution in [0.3, 0.4) is 0 Å². The average molecular weight is 403 g/mol. The van der Waals surface area contributed by atoms with Gasteiger partial charge in [0.05, 0.1) is 5.69 Å². The van der Waals surface area contributed by atoms with Gasteiger partial charge in [0, 0.05) is 38.3 Å². The van der Waals surface area contributed by atoms with Crippen molar-refractivity contribution in [3.05, 3.63) is 17.5 Å². The highest BCUT2D eigenvalue weighted by atomic mass is 16.5. The SMILES string of the molecule is Cc1cc(C(=O)N(CCN2CCCCC2)C[C@H]2CCCN(C3CCCC3)C2)on1. The molecule has 0 unspecified atom stereocenters. The van der Waals surface area contributed by atoms with Crippen LogP contribution < -0.4 is 0 Å². The summed E-state index contributed by atoms with van der Waals surface area (Å²) in [4.78, 5) is 20.5. The van der Waals surface area contributed by atoms with Crippen molar-refractivity contribution in [2.24, 2.45) is 5.92 Å². The van der Waals surface area contributed by atoms with Crippen LogP contribution in [0.4, 0.5) is 0 Å². The van der Waals surface area contributed by atoms with Crippen molar-refractivity contribution < 1.29 is 9.32 Å². The molecule has 29 heavy (non-hydrogen) atoms. The maximum Gasteiger partial charge on any atom is 0.292 e. The van der Waals surface area contributed by atoms with Crippen molar-refractivity contribution in [1.82, 2.24) is 19.9 Å². The van der Waals surface area contributed by atoms with Gasteiger partial charge in [0.25, 0.3) is 5.91 Å². The molecule has 4 rings (SSSR count). The van der Waals surface area contributed by atoms with Crippen molar-refractivity contribution in [2.75, 3.05) is 45.8 Å². The number of carbonyl (C=O) groups excluding carboxylic acids is 1. The van der Waals surface area contributed by atoms with Gasteiger partial charge in [-0.2, -0.15) is 0 Å². The molecule has 0 radical (unpaired) electrons. The van der Waals surface area contributed by atoms with Gasteiger partial charge in [-0.15, -0.1) is 0 Å². The van der Waals surface area contributed by atoms with Crippen LogP contribution in [0.5, 0.6) is 0 Å². The first-order valence-electron chi connectivity index (χ1n) is 11.9. The number of hydrogen-bond donors (Lipinski definition) is 0.